The van der Waals surface area contributed by atoms with Gasteiger partial charge in [0.1, 0.15) is 0 Å². The molecule has 0 rings (SSSR count). The summed E-state index contributed by atoms with van der Waals surface area (Å²) in [4.78, 5) is 43.8. The minimum Gasteiger partial charge on any atom is -0.481 e. The van der Waals surface area contributed by atoms with Crippen molar-refractivity contribution >= 4 is 44.1 Å². The Bertz CT molecular complexity index is 960. The molecule has 0 heterocycles. The van der Waals surface area contributed by atoms with Crippen LogP contribution in [0.1, 0.15) is 104 Å². The van der Waals surface area contributed by atoms with E-state index in [9.17, 15) is 40.6 Å². The van der Waals surface area contributed by atoms with Crippen LogP contribution in [-0.2, 0) is 48.9 Å². The van der Waals surface area contributed by atoms with Crippen LogP contribution >= 0.6 is 0 Å². The van der Waals surface area contributed by atoms with Crippen LogP contribution in [0.4, 0.5) is 0 Å². The lowest BCUT2D eigenvalue weighted by molar-refractivity contribution is -0.150. The van der Waals surface area contributed by atoms with Crippen molar-refractivity contribution in [2.75, 3.05) is 13.2 Å². The molecule has 0 aliphatic carbocycles. The normalized spacial score (nSPS) is 12.9. The lowest BCUT2D eigenvalue weighted by Gasteiger charge is -2.13. The van der Waals surface area contributed by atoms with Gasteiger partial charge in [-0.2, -0.15) is 16.8 Å². The molecule has 2 unspecified atom stereocenters. The first-order valence-corrected chi connectivity index (χ1v) is 16.3. The highest BCUT2D eigenvalue weighted by molar-refractivity contribution is 7.87. The molecule has 0 saturated carbocycles. The first kappa shape index (κ1) is 39.8. The number of carbonyl (C=O) groups is 4. The van der Waals surface area contributed by atoms with E-state index in [1.165, 1.54) is 6.42 Å². The van der Waals surface area contributed by atoms with Gasteiger partial charge in [0.2, 0.25) is 0 Å². The smallest absolute Gasteiger partial charge is 0.327 e. The van der Waals surface area contributed by atoms with Crippen molar-refractivity contribution in [1.29, 1.82) is 0 Å². The molecule has 0 amide bonds. The molecule has 0 fully saturated rings. The summed E-state index contributed by atoms with van der Waals surface area (Å²) in [5.41, 5.74) is 0. The Balaban J connectivity index is 0. The molecule has 16 heteroatoms. The van der Waals surface area contributed by atoms with Gasteiger partial charge >= 0.3 is 23.9 Å². The minimum absolute atomic E-state index is 0.0732. The average Bonchev–Trinajstić information content (AvgIpc) is 2.83. The molecule has 0 spiro atoms. The predicted octanol–water partition coefficient (Wildman–Crippen LogP) is 3.24. The highest BCUT2D eigenvalue weighted by Gasteiger charge is 2.35. The Morgan fingerprint density at radius 1 is 0.600 bits per heavy atom. The van der Waals surface area contributed by atoms with E-state index in [0.717, 1.165) is 57.8 Å². The summed E-state index contributed by atoms with van der Waals surface area (Å²) in [5, 5.41) is 12.0. The van der Waals surface area contributed by atoms with Crippen molar-refractivity contribution in [3.8, 4) is 0 Å². The monoisotopic (exact) mass is 620 g/mol. The number of carboxylic acid groups (broad SMARTS) is 2. The molecule has 14 nitrogen and oxygen atoms in total. The number of unbranched alkanes of at least 4 members (excludes halogenated alkanes) is 10. The van der Waals surface area contributed by atoms with E-state index in [1.807, 2.05) is 0 Å². The minimum atomic E-state index is -4.84. The second kappa shape index (κ2) is 22.4. The number of hydrogen-bond acceptors (Lipinski definition) is 10. The van der Waals surface area contributed by atoms with Crippen LogP contribution in [0.25, 0.3) is 0 Å². The first-order chi connectivity index (χ1) is 18.6. The largest absolute Gasteiger partial charge is 0.481 e. The van der Waals surface area contributed by atoms with E-state index in [-0.39, 0.29) is 13.2 Å². The van der Waals surface area contributed by atoms with Crippen LogP contribution in [-0.4, -0.2) is 83.7 Å². The lowest BCUT2D eigenvalue weighted by atomic mass is 10.1. The van der Waals surface area contributed by atoms with Gasteiger partial charge < -0.3 is 19.7 Å². The number of hydrogen-bond donors (Lipinski definition) is 4. The topological polar surface area (TPSA) is 236 Å². The summed E-state index contributed by atoms with van der Waals surface area (Å²) in [7, 11) is -9.57. The van der Waals surface area contributed by atoms with E-state index in [2.05, 4.69) is 13.8 Å². The summed E-state index contributed by atoms with van der Waals surface area (Å²) < 4.78 is 70.7. The van der Waals surface area contributed by atoms with Gasteiger partial charge in [-0.3, -0.25) is 28.3 Å². The molecule has 0 aromatic carbocycles. The first-order valence-electron chi connectivity index (χ1n) is 13.3. The van der Waals surface area contributed by atoms with Crippen LogP contribution in [0.2, 0.25) is 0 Å². The van der Waals surface area contributed by atoms with Gasteiger partial charge in [-0.1, -0.05) is 78.1 Å². The fourth-order valence-corrected chi connectivity index (χ4v) is 4.48. The van der Waals surface area contributed by atoms with Gasteiger partial charge in [0.15, 0.2) is 10.5 Å². The number of aliphatic carboxylic acids is 2. The van der Waals surface area contributed by atoms with Crippen LogP contribution in [0.3, 0.4) is 0 Å². The summed E-state index contributed by atoms with van der Waals surface area (Å²) in [6, 6.07) is 0. The van der Waals surface area contributed by atoms with E-state index in [4.69, 9.17) is 24.2 Å². The Morgan fingerprint density at radius 2 is 1.00 bits per heavy atom. The molecule has 0 bridgehead atoms. The van der Waals surface area contributed by atoms with Gasteiger partial charge in [0, 0.05) is 0 Å². The second-order valence-corrected chi connectivity index (χ2v) is 12.3. The highest BCUT2D eigenvalue weighted by Crippen LogP contribution is 2.11. The third kappa shape index (κ3) is 22.5. The van der Waals surface area contributed by atoms with Crippen LogP contribution in [0.15, 0.2) is 0 Å². The van der Waals surface area contributed by atoms with Gasteiger partial charge in [-0.15, -0.1) is 0 Å². The highest BCUT2D eigenvalue weighted by atomic mass is 32.2. The number of carboxylic acids is 2. The Labute approximate surface area is 236 Å². The molecule has 236 valence electrons. The van der Waals surface area contributed by atoms with E-state index < -0.39 is 67.5 Å². The summed E-state index contributed by atoms with van der Waals surface area (Å²) in [5.74, 6) is -5.43. The molecule has 0 aliphatic rings. The zero-order chi connectivity index (χ0) is 31.2. The van der Waals surface area contributed by atoms with Crippen molar-refractivity contribution in [3.05, 3.63) is 0 Å². The molecular weight excluding hydrogens is 576 g/mol. The number of esters is 2. The van der Waals surface area contributed by atoms with Crippen molar-refractivity contribution in [1.82, 2.24) is 0 Å². The molecule has 40 heavy (non-hydrogen) atoms. The van der Waals surface area contributed by atoms with Gasteiger partial charge in [-0.25, -0.2) is 0 Å². The van der Waals surface area contributed by atoms with Crippen LogP contribution < -0.4 is 0 Å². The van der Waals surface area contributed by atoms with Crippen molar-refractivity contribution in [2.45, 2.75) is 114 Å². The van der Waals surface area contributed by atoms with Gasteiger partial charge in [-0.05, 0) is 12.8 Å². The molecular formula is C24H44O14S2. The molecule has 0 aromatic heterocycles. The van der Waals surface area contributed by atoms with E-state index >= 15 is 0 Å². The third-order valence-electron chi connectivity index (χ3n) is 5.47. The molecule has 0 aromatic rings. The SMILES string of the molecule is CCCCCCCCOC(=O)CC(C(=O)OCCCCCCCC)S(=O)(=O)O.O=C(O)CC(C(=O)O)S(=O)(=O)O. The molecule has 0 saturated heterocycles. The van der Waals surface area contributed by atoms with Gasteiger partial charge in [0.05, 0.1) is 26.1 Å². The summed E-state index contributed by atoms with van der Waals surface area (Å²) >= 11 is 0. The number of ether oxygens (including phenoxy) is 2. The average molecular weight is 621 g/mol. The number of carbonyl (C=O) groups excluding carboxylic acids is 2. The second-order valence-electron chi connectivity index (χ2n) is 9.07. The summed E-state index contributed by atoms with van der Waals surface area (Å²) in [6.07, 6.45) is 10.2. The Kier molecular flexibility index (Phi) is 22.3. The van der Waals surface area contributed by atoms with Crippen molar-refractivity contribution in [3.63, 3.8) is 0 Å². The van der Waals surface area contributed by atoms with Crippen molar-refractivity contribution < 1.29 is 64.8 Å². The van der Waals surface area contributed by atoms with Crippen LogP contribution in [0.5, 0.6) is 0 Å². The number of rotatable bonds is 22. The zero-order valence-corrected chi connectivity index (χ0v) is 24.8. The molecule has 2 atom stereocenters. The lowest BCUT2D eigenvalue weighted by Crippen LogP contribution is -2.34. The third-order valence-corrected chi connectivity index (χ3v) is 7.64. The zero-order valence-electron chi connectivity index (χ0n) is 23.2. The van der Waals surface area contributed by atoms with Crippen molar-refractivity contribution in [2.24, 2.45) is 0 Å². The Hall–Kier alpha value is -2.30. The molecule has 0 aliphatic heterocycles. The molecule has 4 N–H and O–H groups in total. The maximum absolute atomic E-state index is 12.0. The van der Waals surface area contributed by atoms with Crippen LogP contribution in [0, 0.1) is 0 Å². The fourth-order valence-electron chi connectivity index (χ4n) is 3.22. The van der Waals surface area contributed by atoms with E-state index in [0.29, 0.717) is 12.8 Å². The summed E-state index contributed by atoms with van der Waals surface area (Å²) in [6.45, 7) is 4.50. The van der Waals surface area contributed by atoms with Gasteiger partial charge in [0.25, 0.3) is 20.2 Å². The maximum Gasteiger partial charge on any atom is 0.327 e. The Morgan fingerprint density at radius 3 is 1.35 bits per heavy atom. The quantitative estimate of drug-likeness (QED) is 0.0772. The van der Waals surface area contributed by atoms with E-state index in [1.54, 1.807) is 0 Å². The standard InChI is InChI=1S/C20H38O7S.C4H6O7S/c1-3-5-7-9-11-13-15-26-19(21)17-18(28(23,24)25)20(22)27-16-14-12-10-8-6-4-2;5-3(6)1-2(4(7)8)12(9,10)11/h18H,3-17H2,1-2H3,(H,23,24,25);2H,1H2,(H,5,6)(H,7,8)(H,9,10,11). The predicted molar refractivity (Wildman–Crippen MR) is 144 cm³/mol. The fraction of sp³-hybridized carbons (Fsp3) is 0.833. The maximum atomic E-state index is 12.0. The molecule has 0 radical (unpaired) electrons.